The van der Waals surface area contributed by atoms with Crippen LogP contribution in [-0.2, 0) is 0 Å². The molecule has 0 radical (unpaired) electrons. The molecule has 0 spiro atoms. The molecule has 0 amide bonds. The van der Waals surface area contributed by atoms with E-state index >= 15 is 0 Å². The van der Waals surface area contributed by atoms with Gasteiger partial charge < -0.3 is 0 Å². The molecular weight excluding hydrogens is 717 g/mol. The first-order chi connectivity index (χ1) is 14.8. The van der Waals surface area contributed by atoms with Crippen molar-refractivity contribution in [1.82, 2.24) is 0 Å². The Morgan fingerprint density at radius 2 is 1.87 bits per heavy atom. The van der Waals surface area contributed by atoms with Crippen molar-refractivity contribution in [2.24, 2.45) is 29.6 Å². The molecule has 0 nitrogen and oxygen atoms in total. The van der Waals surface area contributed by atoms with Gasteiger partial charge in [-0.05, 0) is 0 Å². The Kier molecular flexibility index (Phi) is 11.3. The van der Waals surface area contributed by atoms with Gasteiger partial charge >= 0.3 is 227 Å². The zero-order valence-electron chi connectivity index (χ0n) is 20.7. The van der Waals surface area contributed by atoms with Crippen LogP contribution in [-0.4, -0.2) is 21.6 Å². The number of rotatable bonds is 9. The van der Waals surface area contributed by atoms with E-state index in [-0.39, 0.29) is 0 Å². The molecule has 1 saturated heterocycles. The molecule has 3 aliphatic rings. The third-order valence-electron chi connectivity index (χ3n) is 8.15. The average Bonchev–Trinajstić information content (AvgIpc) is 3.04. The molecule has 0 bridgehead atoms. The fourth-order valence-electron chi connectivity index (χ4n) is 6.15. The summed E-state index contributed by atoms with van der Waals surface area (Å²) in [5, 5.41) is 0. The first-order valence-electron chi connectivity index (χ1n) is 12.6. The quantitative estimate of drug-likeness (QED) is 0.198. The molecule has 0 aromatic rings. The van der Waals surface area contributed by atoms with E-state index in [0.29, 0.717) is 27.1 Å². The van der Waals surface area contributed by atoms with Crippen LogP contribution in [0.2, 0.25) is 0 Å². The minimum absolute atomic E-state index is 0.330. The van der Waals surface area contributed by atoms with Gasteiger partial charge in [-0.1, -0.05) is 0 Å². The van der Waals surface area contributed by atoms with Gasteiger partial charge in [-0.3, -0.25) is 0 Å². The van der Waals surface area contributed by atoms with Crippen LogP contribution in [0.3, 0.4) is 0 Å². The number of hydrogen-bond acceptors (Lipinski definition) is 0. The van der Waals surface area contributed by atoms with Crippen molar-refractivity contribution >= 4 is 42.4 Å². The fourth-order valence-corrected chi connectivity index (χ4v) is 14.6. The molecule has 1 aliphatic heterocycles. The number of hydrogen-bond donors (Lipinski definition) is 0. The summed E-state index contributed by atoms with van der Waals surface area (Å²) < 4.78 is 5.30. The van der Waals surface area contributed by atoms with Gasteiger partial charge in [0.2, 0.25) is 0 Å². The summed E-state index contributed by atoms with van der Waals surface area (Å²) in [4.78, 5) is 5.11. The van der Waals surface area contributed by atoms with E-state index in [9.17, 15) is 0 Å². The van der Waals surface area contributed by atoms with Crippen LogP contribution in [0.1, 0.15) is 79.1 Å². The van der Waals surface area contributed by atoms with Crippen LogP contribution < -0.4 is 21.2 Å². The summed E-state index contributed by atoms with van der Waals surface area (Å²) in [6.45, 7) is 9.71. The first-order valence-corrected chi connectivity index (χ1v) is 21.9. The Morgan fingerprint density at radius 3 is 2.48 bits per heavy atom. The second-order valence-electron chi connectivity index (χ2n) is 10.8. The van der Waals surface area contributed by atoms with Crippen molar-refractivity contribution in [2.45, 2.75) is 90.8 Å². The standard InChI is InChI=1S/C28H46I3/c1-19(2)24-16-25(14-21(4)29)27-18-26(31(6)28(27)17-24)15-22-9-11-23(12-10-22)20(3)8-7-13-30-5/h7,13,16-17,19-23,26-28H,8-12,14-15,18H2,1-6H3/q-1/b13-7-. The summed E-state index contributed by atoms with van der Waals surface area (Å²) in [6, 6.07) is 0. The van der Waals surface area contributed by atoms with E-state index in [4.69, 9.17) is 0 Å². The summed E-state index contributed by atoms with van der Waals surface area (Å²) in [5.74, 6) is 4.53. The summed E-state index contributed by atoms with van der Waals surface area (Å²) in [5.41, 5.74) is 3.48. The van der Waals surface area contributed by atoms with Crippen LogP contribution in [0.4, 0.5) is 0 Å². The zero-order valence-corrected chi connectivity index (χ0v) is 27.2. The number of fused-ring (bicyclic) bond motifs is 1. The summed E-state index contributed by atoms with van der Waals surface area (Å²) in [6.07, 6.45) is 19.7. The molecule has 31 heavy (non-hydrogen) atoms. The second kappa shape index (κ2) is 12.9. The van der Waals surface area contributed by atoms with E-state index in [1.54, 1.807) is 12.0 Å². The normalized spacial score (nSPS) is 34.7. The molecule has 0 N–H and O–H groups in total. The molecule has 2 fully saturated rings. The van der Waals surface area contributed by atoms with Crippen molar-refractivity contribution in [2.75, 3.05) is 9.86 Å². The molecule has 0 aromatic carbocycles. The topological polar surface area (TPSA) is 0 Å². The minimum atomic E-state index is -0.921. The third-order valence-corrected chi connectivity index (χ3v) is 17.1. The molecule has 0 aromatic heterocycles. The van der Waals surface area contributed by atoms with Gasteiger partial charge in [0.05, 0.1) is 0 Å². The van der Waals surface area contributed by atoms with Crippen LogP contribution >= 0.6 is 42.4 Å². The van der Waals surface area contributed by atoms with Gasteiger partial charge in [-0.15, -0.1) is 0 Å². The maximum absolute atomic E-state index is 2.77. The Balaban J connectivity index is 1.57. The summed E-state index contributed by atoms with van der Waals surface area (Å²) >= 11 is 2.05. The number of alkyl halides is 5. The maximum atomic E-state index is 2.77. The second-order valence-corrected chi connectivity index (χ2v) is 21.3. The van der Waals surface area contributed by atoms with Crippen LogP contribution in [0, 0.1) is 29.6 Å². The first kappa shape index (κ1) is 27.0. The molecule has 1 heterocycles. The van der Waals surface area contributed by atoms with E-state index in [2.05, 4.69) is 82.5 Å². The molecule has 2 aliphatic carbocycles. The van der Waals surface area contributed by atoms with Crippen LogP contribution in [0.5, 0.6) is 0 Å². The Hall–Kier alpha value is 1.41. The van der Waals surface area contributed by atoms with E-state index in [0.717, 1.165) is 35.4 Å². The van der Waals surface area contributed by atoms with Crippen molar-refractivity contribution < 1.29 is 21.2 Å². The molecule has 5 unspecified atom stereocenters. The third kappa shape index (κ3) is 7.44. The van der Waals surface area contributed by atoms with Crippen LogP contribution in [0.25, 0.3) is 0 Å². The summed E-state index contributed by atoms with van der Waals surface area (Å²) in [7, 11) is 0. The van der Waals surface area contributed by atoms with Crippen molar-refractivity contribution in [3.8, 4) is 0 Å². The number of allylic oxidation sites excluding steroid dienone is 5. The zero-order chi connectivity index (χ0) is 22.5. The Bertz CT molecular complexity index is 651. The van der Waals surface area contributed by atoms with E-state index in [1.165, 1.54) is 44.9 Å². The predicted octanol–water partition coefficient (Wildman–Crippen LogP) is 6.07. The van der Waals surface area contributed by atoms with Gasteiger partial charge in [0, 0.05) is 0 Å². The Morgan fingerprint density at radius 1 is 1.16 bits per heavy atom. The molecule has 5 atom stereocenters. The fraction of sp³-hybridized carbons (Fsp3) is 0.786. The van der Waals surface area contributed by atoms with Gasteiger partial charge in [0.1, 0.15) is 0 Å². The van der Waals surface area contributed by atoms with Gasteiger partial charge in [0.25, 0.3) is 0 Å². The van der Waals surface area contributed by atoms with Crippen molar-refractivity contribution in [1.29, 1.82) is 0 Å². The van der Waals surface area contributed by atoms with E-state index in [1.807, 2.05) is 5.57 Å². The Labute approximate surface area is 225 Å². The average molecular weight is 763 g/mol. The van der Waals surface area contributed by atoms with Gasteiger partial charge in [-0.2, -0.15) is 0 Å². The van der Waals surface area contributed by atoms with Crippen molar-refractivity contribution in [3.05, 3.63) is 33.5 Å². The molecule has 1 saturated carbocycles. The van der Waals surface area contributed by atoms with Gasteiger partial charge in [-0.25, -0.2) is 0 Å². The predicted molar refractivity (Wildman–Crippen MR) is 154 cm³/mol. The molecular formula is C28H46I3-. The van der Waals surface area contributed by atoms with Crippen LogP contribution in [0.15, 0.2) is 33.5 Å². The van der Waals surface area contributed by atoms with Crippen molar-refractivity contribution in [3.63, 3.8) is 0 Å². The van der Waals surface area contributed by atoms with Gasteiger partial charge in [0.15, 0.2) is 0 Å². The number of halogens is 3. The molecule has 3 rings (SSSR count). The monoisotopic (exact) mass is 763 g/mol. The molecule has 3 heteroatoms. The SMILES string of the molecule is C[I-]/C=C\CC(C)C1CCC(CC2CC3C(CC(C)I)=CC(C(C)C)=CC3I2C)CC1. The molecule has 180 valence electrons. The van der Waals surface area contributed by atoms with E-state index < -0.39 is 19.8 Å².